The van der Waals surface area contributed by atoms with E-state index in [-0.39, 0.29) is 17.0 Å². The van der Waals surface area contributed by atoms with Gasteiger partial charge in [0.2, 0.25) is 15.9 Å². The molecule has 0 saturated carbocycles. The molecule has 7 nitrogen and oxygen atoms in total. The summed E-state index contributed by atoms with van der Waals surface area (Å²) in [5.74, 6) is 0.300. The first-order chi connectivity index (χ1) is 11.2. The normalized spacial score (nSPS) is 16.8. The Morgan fingerprint density at radius 3 is 2.58 bits per heavy atom. The Labute approximate surface area is 144 Å². The zero-order valence-corrected chi connectivity index (χ0v) is 15.6. The number of rotatable bonds is 6. The van der Waals surface area contributed by atoms with Crippen molar-refractivity contribution in [3.63, 3.8) is 0 Å². The smallest absolute Gasteiger partial charge is 0.238 e. The van der Waals surface area contributed by atoms with Crippen LogP contribution in [-0.4, -0.2) is 64.0 Å². The van der Waals surface area contributed by atoms with Crippen LogP contribution < -0.4 is 9.46 Å². The number of aromatic nitrogens is 1. The van der Waals surface area contributed by atoms with E-state index in [1.807, 2.05) is 20.8 Å². The lowest BCUT2D eigenvalue weighted by Gasteiger charge is -2.26. The van der Waals surface area contributed by atoms with Crippen molar-refractivity contribution in [2.45, 2.75) is 26.2 Å². The Balaban J connectivity index is 2.09. The quantitative estimate of drug-likeness (QED) is 0.830. The van der Waals surface area contributed by atoms with Crippen molar-refractivity contribution in [3.8, 4) is 5.88 Å². The Morgan fingerprint density at radius 2 is 2.00 bits per heavy atom. The molecule has 1 fully saturated rings. The lowest BCUT2D eigenvalue weighted by molar-refractivity contribution is 0.0408. The van der Waals surface area contributed by atoms with Crippen LogP contribution in [0.25, 0.3) is 0 Å². The summed E-state index contributed by atoms with van der Waals surface area (Å²) < 4.78 is 37.9. The van der Waals surface area contributed by atoms with Crippen molar-refractivity contribution in [1.82, 2.24) is 9.88 Å². The minimum Gasteiger partial charge on any atom is -0.480 e. The van der Waals surface area contributed by atoms with E-state index in [2.05, 4.69) is 14.6 Å². The van der Waals surface area contributed by atoms with E-state index < -0.39 is 10.0 Å². The number of hydrogen-bond donors (Lipinski definition) is 1. The fourth-order valence-electron chi connectivity index (χ4n) is 2.39. The first-order valence-electron chi connectivity index (χ1n) is 8.06. The molecular weight excluding hydrogens is 330 g/mol. The maximum Gasteiger partial charge on any atom is 0.238 e. The highest BCUT2D eigenvalue weighted by Gasteiger charge is 2.21. The highest BCUT2D eigenvalue weighted by molar-refractivity contribution is 7.92. The van der Waals surface area contributed by atoms with E-state index in [0.717, 1.165) is 18.7 Å². The fraction of sp³-hybridized carbons (Fsp3) is 0.688. The van der Waals surface area contributed by atoms with E-state index in [1.54, 1.807) is 12.3 Å². The van der Waals surface area contributed by atoms with Crippen LogP contribution in [0.3, 0.4) is 0 Å². The van der Waals surface area contributed by atoms with Gasteiger partial charge in [0.15, 0.2) is 0 Å². The number of sulfonamides is 1. The van der Waals surface area contributed by atoms with Gasteiger partial charge < -0.3 is 9.47 Å². The maximum absolute atomic E-state index is 12.4. The van der Waals surface area contributed by atoms with Crippen molar-refractivity contribution in [2.75, 3.05) is 50.4 Å². The lowest BCUT2D eigenvalue weighted by atomic mass is 9.88. The summed E-state index contributed by atoms with van der Waals surface area (Å²) in [5, 5.41) is 0. The van der Waals surface area contributed by atoms with Gasteiger partial charge in [-0.15, -0.1) is 0 Å². The molecule has 1 aromatic heterocycles. The number of methoxy groups -OCH3 is 1. The van der Waals surface area contributed by atoms with Crippen LogP contribution in [0, 0.1) is 0 Å². The number of anilines is 1. The molecule has 1 aliphatic heterocycles. The first kappa shape index (κ1) is 19.0. The second-order valence-electron chi connectivity index (χ2n) is 6.91. The van der Waals surface area contributed by atoms with Gasteiger partial charge in [0.1, 0.15) is 5.69 Å². The number of hydrogen-bond acceptors (Lipinski definition) is 6. The van der Waals surface area contributed by atoms with Gasteiger partial charge in [-0.05, 0) is 17.0 Å². The topological polar surface area (TPSA) is 80.8 Å². The van der Waals surface area contributed by atoms with Crippen LogP contribution in [0.1, 0.15) is 26.3 Å². The van der Waals surface area contributed by atoms with Gasteiger partial charge in [0, 0.05) is 25.8 Å². The third-order valence-electron chi connectivity index (χ3n) is 3.96. The minimum absolute atomic E-state index is 0.0237. The molecule has 0 spiro atoms. The average molecular weight is 357 g/mol. The molecule has 1 saturated heterocycles. The predicted octanol–water partition coefficient (Wildman–Crippen LogP) is 1.46. The van der Waals surface area contributed by atoms with Crippen LogP contribution in [0.2, 0.25) is 0 Å². The third kappa shape index (κ3) is 5.32. The fourth-order valence-corrected chi connectivity index (χ4v) is 3.47. The molecule has 136 valence electrons. The molecule has 8 heteroatoms. The van der Waals surface area contributed by atoms with Crippen LogP contribution in [-0.2, 0) is 20.2 Å². The van der Waals surface area contributed by atoms with E-state index >= 15 is 0 Å². The second kappa shape index (κ2) is 7.67. The van der Waals surface area contributed by atoms with Crippen LogP contribution >= 0.6 is 0 Å². The summed E-state index contributed by atoms with van der Waals surface area (Å²) in [6.45, 7) is 9.46. The molecule has 1 aromatic rings. The summed E-state index contributed by atoms with van der Waals surface area (Å²) in [4.78, 5) is 6.31. The molecule has 0 bridgehead atoms. The highest BCUT2D eigenvalue weighted by Crippen LogP contribution is 2.29. The monoisotopic (exact) mass is 357 g/mol. The zero-order chi connectivity index (χ0) is 17.8. The molecule has 0 amide bonds. The molecule has 1 aliphatic rings. The predicted molar refractivity (Wildman–Crippen MR) is 94.2 cm³/mol. The largest absolute Gasteiger partial charge is 0.480 e. The van der Waals surface area contributed by atoms with Crippen molar-refractivity contribution in [1.29, 1.82) is 0 Å². The molecule has 24 heavy (non-hydrogen) atoms. The molecule has 0 unspecified atom stereocenters. The van der Waals surface area contributed by atoms with E-state index in [0.29, 0.717) is 25.4 Å². The molecule has 0 radical (unpaired) electrons. The van der Waals surface area contributed by atoms with Gasteiger partial charge in [-0.1, -0.05) is 20.8 Å². The molecule has 0 aromatic carbocycles. The number of pyridine rings is 1. The van der Waals surface area contributed by atoms with Crippen molar-refractivity contribution in [2.24, 2.45) is 0 Å². The summed E-state index contributed by atoms with van der Waals surface area (Å²) in [7, 11) is -2.00. The van der Waals surface area contributed by atoms with Crippen molar-refractivity contribution >= 4 is 15.7 Å². The SMILES string of the molecule is COc1ncc(C(C)(C)C)cc1NS(=O)(=O)CCN1CCOCC1. The molecule has 0 atom stereocenters. The Bertz CT molecular complexity index is 650. The number of ether oxygens (including phenoxy) is 2. The molecule has 2 heterocycles. The molecular formula is C16H27N3O4S. The third-order valence-corrected chi connectivity index (χ3v) is 5.21. The number of nitrogens with one attached hydrogen (secondary N) is 1. The van der Waals surface area contributed by atoms with Gasteiger partial charge in [0.25, 0.3) is 0 Å². The van der Waals surface area contributed by atoms with Gasteiger partial charge in [-0.2, -0.15) is 0 Å². The zero-order valence-electron chi connectivity index (χ0n) is 14.8. The van der Waals surface area contributed by atoms with Gasteiger partial charge in [-0.3, -0.25) is 9.62 Å². The summed E-state index contributed by atoms with van der Waals surface area (Å²) >= 11 is 0. The highest BCUT2D eigenvalue weighted by atomic mass is 32.2. The van der Waals surface area contributed by atoms with Crippen molar-refractivity contribution < 1.29 is 17.9 Å². The lowest BCUT2D eigenvalue weighted by Crippen LogP contribution is -2.39. The molecule has 1 N–H and O–H groups in total. The van der Waals surface area contributed by atoms with E-state index in [1.165, 1.54) is 7.11 Å². The minimum atomic E-state index is -3.48. The number of morpholine rings is 1. The van der Waals surface area contributed by atoms with Crippen LogP contribution in [0.4, 0.5) is 5.69 Å². The van der Waals surface area contributed by atoms with Crippen LogP contribution in [0.15, 0.2) is 12.3 Å². The van der Waals surface area contributed by atoms with Gasteiger partial charge >= 0.3 is 0 Å². The average Bonchev–Trinajstić information content (AvgIpc) is 2.53. The van der Waals surface area contributed by atoms with E-state index in [4.69, 9.17) is 9.47 Å². The summed E-state index contributed by atoms with van der Waals surface area (Å²) in [6, 6.07) is 1.79. The standard InChI is InChI=1S/C16H27N3O4S/c1-16(2,3)13-11-14(15(22-4)17-12-13)18-24(20,21)10-7-19-5-8-23-9-6-19/h11-12,18H,5-10H2,1-4H3. The second-order valence-corrected chi connectivity index (χ2v) is 8.75. The Hall–Kier alpha value is -1.38. The van der Waals surface area contributed by atoms with Crippen molar-refractivity contribution in [3.05, 3.63) is 17.8 Å². The summed E-state index contributed by atoms with van der Waals surface area (Å²) in [6.07, 6.45) is 1.71. The van der Waals surface area contributed by atoms with Gasteiger partial charge in [-0.25, -0.2) is 13.4 Å². The van der Waals surface area contributed by atoms with Gasteiger partial charge in [0.05, 0.1) is 26.1 Å². The van der Waals surface area contributed by atoms with Crippen LogP contribution in [0.5, 0.6) is 5.88 Å². The summed E-state index contributed by atoms with van der Waals surface area (Å²) in [5.41, 5.74) is 1.19. The number of nitrogens with zero attached hydrogens (tertiary/aromatic N) is 2. The Morgan fingerprint density at radius 1 is 1.33 bits per heavy atom. The first-order valence-corrected chi connectivity index (χ1v) is 9.71. The Kier molecular flexibility index (Phi) is 6.06. The van der Waals surface area contributed by atoms with E-state index in [9.17, 15) is 8.42 Å². The molecule has 0 aliphatic carbocycles. The molecule has 2 rings (SSSR count). The maximum atomic E-state index is 12.4.